The molecule has 0 saturated heterocycles. The predicted octanol–water partition coefficient (Wildman–Crippen LogP) is 0.803. The largest absolute Gasteiger partial charge is 0.391 e. The van der Waals surface area contributed by atoms with Gasteiger partial charge in [-0.2, -0.15) is 0 Å². The van der Waals surface area contributed by atoms with Crippen LogP contribution in [0.15, 0.2) is 18.2 Å². The molecule has 0 aliphatic carbocycles. The summed E-state index contributed by atoms with van der Waals surface area (Å²) in [7, 11) is 0. The number of benzene rings is 1. The minimum atomic E-state index is -1.03. The first kappa shape index (κ1) is 13.9. The maximum atomic E-state index is 13.4. The van der Waals surface area contributed by atoms with E-state index in [0.717, 1.165) is 0 Å². The average Bonchev–Trinajstić information content (AvgIpc) is 2.29. The fraction of sp³-hybridized carbons (Fsp3) is 0.364. The molecule has 0 heterocycles. The molecule has 1 amide bonds. The minimum absolute atomic E-state index is 0.00317. The number of carbonyl (C=O) groups excluding carboxylic acids is 1. The van der Waals surface area contributed by atoms with Gasteiger partial charge in [0.05, 0.1) is 11.1 Å². The molecule has 94 valence electrons. The highest BCUT2D eigenvalue weighted by Gasteiger charge is 2.18. The molecule has 1 rings (SSSR count). The van der Waals surface area contributed by atoms with Gasteiger partial charge in [-0.15, -0.1) is 0 Å². The Morgan fingerprint density at radius 2 is 2.29 bits per heavy atom. The number of hydrogen-bond donors (Lipinski definition) is 3. The highest BCUT2D eigenvalue weighted by molar-refractivity contribution is 6.30. The molecule has 0 saturated carbocycles. The average molecular weight is 261 g/mol. The van der Waals surface area contributed by atoms with Crippen molar-refractivity contribution in [2.24, 2.45) is 5.73 Å². The summed E-state index contributed by atoms with van der Waals surface area (Å²) in [5, 5.41) is 11.5. The molecule has 2 atom stereocenters. The first-order valence-corrected chi connectivity index (χ1v) is 5.45. The Balaban J connectivity index is 2.62. The second kappa shape index (κ2) is 5.95. The zero-order valence-corrected chi connectivity index (χ0v) is 10.0. The van der Waals surface area contributed by atoms with Gasteiger partial charge in [-0.1, -0.05) is 23.7 Å². The smallest absolute Gasteiger partial charge is 0.239 e. The van der Waals surface area contributed by atoms with Crippen molar-refractivity contribution >= 4 is 17.5 Å². The molecule has 4 nitrogen and oxygen atoms in total. The van der Waals surface area contributed by atoms with Crippen molar-refractivity contribution < 1.29 is 14.3 Å². The van der Waals surface area contributed by atoms with E-state index in [4.69, 9.17) is 22.4 Å². The van der Waals surface area contributed by atoms with Crippen LogP contribution in [0.5, 0.6) is 0 Å². The fourth-order valence-electron chi connectivity index (χ4n) is 1.20. The van der Waals surface area contributed by atoms with Crippen molar-refractivity contribution in [2.75, 3.05) is 0 Å². The van der Waals surface area contributed by atoms with E-state index in [0.29, 0.717) is 0 Å². The Morgan fingerprint density at radius 1 is 1.65 bits per heavy atom. The molecule has 0 aliphatic rings. The first-order valence-electron chi connectivity index (χ1n) is 5.07. The number of nitrogens with two attached hydrogens (primary N) is 1. The van der Waals surface area contributed by atoms with Gasteiger partial charge in [0.2, 0.25) is 5.91 Å². The minimum Gasteiger partial charge on any atom is -0.391 e. The summed E-state index contributed by atoms with van der Waals surface area (Å²) < 4.78 is 13.4. The van der Waals surface area contributed by atoms with E-state index >= 15 is 0 Å². The molecule has 1 aromatic rings. The van der Waals surface area contributed by atoms with Crippen molar-refractivity contribution in [2.45, 2.75) is 25.6 Å². The van der Waals surface area contributed by atoms with E-state index in [9.17, 15) is 9.18 Å². The number of hydrogen-bond acceptors (Lipinski definition) is 3. The highest BCUT2D eigenvalue weighted by Crippen LogP contribution is 2.17. The topological polar surface area (TPSA) is 75.3 Å². The molecule has 0 fully saturated rings. The summed E-state index contributed by atoms with van der Waals surface area (Å²) in [4.78, 5) is 11.4. The Hall–Kier alpha value is -1.17. The molecule has 0 spiro atoms. The lowest BCUT2D eigenvalue weighted by molar-refractivity contribution is -0.124. The molecule has 4 N–H and O–H groups in total. The van der Waals surface area contributed by atoms with Crippen molar-refractivity contribution in [3.05, 3.63) is 34.6 Å². The monoisotopic (exact) mass is 260 g/mol. The van der Waals surface area contributed by atoms with Crippen molar-refractivity contribution in [1.29, 1.82) is 0 Å². The molecular formula is C11H14ClFN2O2. The summed E-state index contributed by atoms with van der Waals surface area (Å²) in [6, 6.07) is 3.48. The number of rotatable bonds is 4. The van der Waals surface area contributed by atoms with Crippen molar-refractivity contribution in [1.82, 2.24) is 5.32 Å². The lowest BCUT2D eigenvalue weighted by Gasteiger charge is -2.14. The van der Waals surface area contributed by atoms with E-state index in [-0.39, 0.29) is 17.1 Å². The SMILES string of the molecule is C[C@@H](O)[C@H](N)C(=O)NCc1cccc(Cl)c1F. The maximum Gasteiger partial charge on any atom is 0.239 e. The van der Waals surface area contributed by atoms with Crippen LogP contribution in [0.2, 0.25) is 5.02 Å². The van der Waals surface area contributed by atoms with Gasteiger partial charge in [-0.3, -0.25) is 4.79 Å². The van der Waals surface area contributed by atoms with Crippen LogP contribution in [0, 0.1) is 5.82 Å². The quantitative estimate of drug-likeness (QED) is 0.750. The van der Waals surface area contributed by atoms with Crippen LogP contribution in [-0.4, -0.2) is 23.2 Å². The van der Waals surface area contributed by atoms with Crippen LogP contribution in [0.3, 0.4) is 0 Å². The van der Waals surface area contributed by atoms with Gasteiger partial charge in [0, 0.05) is 12.1 Å². The van der Waals surface area contributed by atoms with Gasteiger partial charge >= 0.3 is 0 Å². The van der Waals surface area contributed by atoms with Crippen LogP contribution < -0.4 is 11.1 Å². The van der Waals surface area contributed by atoms with Crippen molar-refractivity contribution in [3.8, 4) is 0 Å². The third kappa shape index (κ3) is 3.66. The standard InChI is InChI=1S/C11H14ClFN2O2/c1-6(16)10(14)11(17)15-5-7-3-2-4-8(12)9(7)13/h2-4,6,10,16H,5,14H2,1H3,(H,15,17)/t6-,10+/m1/s1. The summed E-state index contributed by atoms with van der Waals surface area (Å²) in [6.07, 6.45) is -0.959. The molecule has 0 bridgehead atoms. The summed E-state index contributed by atoms with van der Waals surface area (Å²) in [5.74, 6) is -1.11. The van der Waals surface area contributed by atoms with Gasteiger partial charge in [0.25, 0.3) is 0 Å². The van der Waals surface area contributed by atoms with E-state index in [1.807, 2.05) is 0 Å². The Labute approximate surface area is 104 Å². The van der Waals surface area contributed by atoms with E-state index < -0.39 is 23.9 Å². The fourth-order valence-corrected chi connectivity index (χ4v) is 1.40. The molecule has 0 radical (unpaired) electrons. The zero-order chi connectivity index (χ0) is 13.0. The summed E-state index contributed by atoms with van der Waals surface area (Å²) >= 11 is 5.59. The highest BCUT2D eigenvalue weighted by atomic mass is 35.5. The van der Waals surface area contributed by atoms with Crippen LogP contribution in [0.1, 0.15) is 12.5 Å². The zero-order valence-electron chi connectivity index (χ0n) is 9.28. The van der Waals surface area contributed by atoms with Gasteiger partial charge in [-0.25, -0.2) is 4.39 Å². The third-order valence-corrected chi connectivity index (χ3v) is 2.60. The Morgan fingerprint density at radius 3 is 2.88 bits per heavy atom. The number of aliphatic hydroxyl groups is 1. The lowest BCUT2D eigenvalue weighted by atomic mass is 10.1. The Bertz CT molecular complexity index is 412. The number of halogens is 2. The number of amides is 1. The molecule has 0 aliphatic heterocycles. The number of carbonyl (C=O) groups is 1. The molecule has 0 aromatic heterocycles. The van der Waals surface area contributed by atoms with E-state index in [1.54, 1.807) is 6.07 Å². The van der Waals surface area contributed by atoms with Gasteiger partial charge < -0.3 is 16.2 Å². The lowest BCUT2D eigenvalue weighted by Crippen LogP contribution is -2.46. The van der Waals surface area contributed by atoms with Crippen molar-refractivity contribution in [3.63, 3.8) is 0 Å². The Kier molecular flexibility index (Phi) is 4.86. The second-order valence-electron chi connectivity index (χ2n) is 3.70. The van der Waals surface area contributed by atoms with Gasteiger partial charge in [0.1, 0.15) is 11.9 Å². The molecule has 17 heavy (non-hydrogen) atoms. The number of nitrogens with one attached hydrogen (secondary N) is 1. The molecule has 1 aromatic carbocycles. The van der Waals surface area contributed by atoms with Crippen LogP contribution in [0.25, 0.3) is 0 Å². The van der Waals surface area contributed by atoms with E-state index in [2.05, 4.69) is 5.32 Å². The van der Waals surface area contributed by atoms with Crippen LogP contribution in [0.4, 0.5) is 4.39 Å². The van der Waals surface area contributed by atoms with Gasteiger partial charge in [-0.05, 0) is 13.0 Å². The second-order valence-corrected chi connectivity index (χ2v) is 4.10. The maximum absolute atomic E-state index is 13.4. The molecular weight excluding hydrogens is 247 g/mol. The first-order chi connectivity index (χ1) is 7.93. The summed E-state index contributed by atoms with van der Waals surface area (Å²) in [5.41, 5.74) is 5.68. The molecule has 6 heteroatoms. The van der Waals surface area contributed by atoms with Crippen LogP contribution in [-0.2, 0) is 11.3 Å². The third-order valence-electron chi connectivity index (χ3n) is 2.31. The van der Waals surface area contributed by atoms with E-state index in [1.165, 1.54) is 19.1 Å². The number of aliphatic hydroxyl groups excluding tert-OH is 1. The van der Waals surface area contributed by atoms with Gasteiger partial charge in [0.15, 0.2) is 0 Å². The van der Waals surface area contributed by atoms with Crippen LogP contribution >= 0.6 is 11.6 Å². The summed E-state index contributed by atoms with van der Waals surface area (Å²) in [6.45, 7) is 1.38. The normalized spacial score (nSPS) is 14.2. The predicted molar refractivity (Wildman–Crippen MR) is 62.9 cm³/mol. The molecule has 0 unspecified atom stereocenters.